The van der Waals surface area contributed by atoms with Gasteiger partial charge in [0, 0.05) is 0 Å². The fraction of sp³-hybridized carbons (Fsp3) is 0.0833. The molecule has 0 fully saturated rings. The highest BCUT2D eigenvalue weighted by molar-refractivity contribution is 7.22. The Hall–Kier alpha value is -2.41. The van der Waals surface area contributed by atoms with E-state index in [0.717, 1.165) is 22.0 Å². The zero-order valence-corrected chi connectivity index (χ0v) is 10.7. The highest BCUT2D eigenvalue weighted by atomic mass is 32.1. The molecule has 6 nitrogen and oxygen atoms in total. The number of oxazole rings is 1. The first-order valence-corrected chi connectivity index (χ1v) is 6.26. The fourth-order valence-electron chi connectivity index (χ4n) is 1.61. The van der Waals surface area contributed by atoms with Crippen LogP contribution in [0.2, 0.25) is 0 Å². The SMILES string of the molecule is Cc1ccc2nc(Nc3nc(C(=O)O)co3)sc2c1. The molecule has 0 aliphatic rings. The molecule has 2 heterocycles. The molecule has 2 N–H and O–H groups in total. The van der Waals surface area contributed by atoms with Crippen molar-refractivity contribution in [1.82, 2.24) is 9.97 Å². The largest absolute Gasteiger partial charge is 0.476 e. The van der Waals surface area contributed by atoms with Gasteiger partial charge in [-0.05, 0) is 24.6 Å². The van der Waals surface area contributed by atoms with Crippen molar-refractivity contribution in [2.75, 3.05) is 5.32 Å². The number of thiazole rings is 1. The summed E-state index contributed by atoms with van der Waals surface area (Å²) in [5.41, 5.74) is 1.90. The molecular formula is C12H9N3O3S. The molecule has 0 bridgehead atoms. The smallest absolute Gasteiger partial charge is 0.357 e. The Morgan fingerprint density at radius 1 is 1.42 bits per heavy atom. The lowest BCUT2D eigenvalue weighted by atomic mass is 10.2. The van der Waals surface area contributed by atoms with E-state index in [0.29, 0.717) is 5.13 Å². The van der Waals surface area contributed by atoms with Gasteiger partial charge in [-0.3, -0.25) is 5.32 Å². The number of fused-ring (bicyclic) bond motifs is 1. The minimum absolute atomic E-state index is 0.119. The van der Waals surface area contributed by atoms with Crippen LogP contribution in [-0.2, 0) is 0 Å². The second-order valence-corrected chi connectivity index (χ2v) is 4.99. The zero-order valence-electron chi connectivity index (χ0n) is 9.88. The van der Waals surface area contributed by atoms with Crippen LogP contribution in [0.3, 0.4) is 0 Å². The number of aromatic carboxylic acids is 1. The second-order valence-electron chi connectivity index (χ2n) is 3.96. The first-order chi connectivity index (χ1) is 9.11. The van der Waals surface area contributed by atoms with Gasteiger partial charge < -0.3 is 9.52 Å². The molecule has 0 unspecified atom stereocenters. The van der Waals surface area contributed by atoms with Gasteiger partial charge in [-0.15, -0.1) is 0 Å². The van der Waals surface area contributed by atoms with Crippen LogP contribution in [-0.4, -0.2) is 21.0 Å². The van der Waals surface area contributed by atoms with E-state index >= 15 is 0 Å². The molecule has 0 saturated heterocycles. The van der Waals surface area contributed by atoms with Crippen molar-refractivity contribution in [1.29, 1.82) is 0 Å². The number of hydrogen-bond acceptors (Lipinski definition) is 6. The predicted molar refractivity (Wildman–Crippen MR) is 71.1 cm³/mol. The highest BCUT2D eigenvalue weighted by Gasteiger charge is 2.12. The molecule has 0 atom stereocenters. The number of aromatic nitrogens is 2. The number of anilines is 2. The molecule has 0 aliphatic heterocycles. The maximum Gasteiger partial charge on any atom is 0.357 e. The molecule has 96 valence electrons. The summed E-state index contributed by atoms with van der Waals surface area (Å²) in [6.07, 6.45) is 1.09. The molecule has 19 heavy (non-hydrogen) atoms. The number of rotatable bonds is 3. The van der Waals surface area contributed by atoms with Crippen LogP contribution < -0.4 is 5.32 Å². The fourth-order valence-corrected chi connectivity index (χ4v) is 2.56. The molecule has 3 rings (SSSR count). The lowest BCUT2D eigenvalue weighted by Crippen LogP contribution is -1.96. The summed E-state index contributed by atoms with van der Waals surface area (Å²) in [5.74, 6) is -1.13. The number of nitrogens with one attached hydrogen (secondary N) is 1. The van der Waals surface area contributed by atoms with Crippen LogP contribution in [0.25, 0.3) is 10.2 Å². The van der Waals surface area contributed by atoms with E-state index in [1.165, 1.54) is 11.3 Å². The lowest BCUT2D eigenvalue weighted by molar-refractivity contribution is 0.0690. The average Bonchev–Trinajstić information content (AvgIpc) is 2.95. The summed E-state index contributed by atoms with van der Waals surface area (Å²) in [4.78, 5) is 18.8. The molecule has 0 radical (unpaired) electrons. The Bertz CT molecular complexity index is 763. The third-order valence-electron chi connectivity index (χ3n) is 2.48. The van der Waals surface area contributed by atoms with Gasteiger partial charge in [-0.1, -0.05) is 17.4 Å². The van der Waals surface area contributed by atoms with E-state index < -0.39 is 5.97 Å². The first-order valence-electron chi connectivity index (χ1n) is 5.45. The highest BCUT2D eigenvalue weighted by Crippen LogP contribution is 2.28. The van der Waals surface area contributed by atoms with Crippen LogP contribution in [0.5, 0.6) is 0 Å². The monoisotopic (exact) mass is 275 g/mol. The molecule has 0 saturated carbocycles. The number of carboxylic acid groups (broad SMARTS) is 1. The molecule has 3 aromatic rings. The van der Waals surface area contributed by atoms with Crippen LogP contribution in [0, 0.1) is 6.92 Å². The number of benzene rings is 1. The van der Waals surface area contributed by atoms with E-state index in [2.05, 4.69) is 15.3 Å². The van der Waals surface area contributed by atoms with Crippen LogP contribution in [0.1, 0.15) is 16.1 Å². The Kier molecular flexibility index (Phi) is 2.68. The number of hydrogen-bond donors (Lipinski definition) is 2. The summed E-state index contributed by atoms with van der Waals surface area (Å²) in [6.45, 7) is 2.01. The summed E-state index contributed by atoms with van der Waals surface area (Å²) < 4.78 is 6.06. The number of aryl methyl sites for hydroxylation is 1. The number of carbonyl (C=O) groups is 1. The van der Waals surface area contributed by atoms with Crippen molar-refractivity contribution in [3.05, 3.63) is 35.7 Å². The number of nitrogens with zero attached hydrogens (tertiary/aromatic N) is 2. The van der Waals surface area contributed by atoms with Crippen molar-refractivity contribution in [3.63, 3.8) is 0 Å². The van der Waals surface area contributed by atoms with Gasteiger partial charge in [-0.2, -0.15) is 4.98 Å². The molecular weight excluding hydrogens is 266 g/mol. The van der Waals surface area contributed by atoms with Gasteiger partial charge in [0.05, 0.1) is 10.2 Å². The maximum atomic E-state index is 10.7. The van der Waals surface area contributed by atoms with E-state index in [9.17, 15) is 4.79 Å². The topological polar surface area (TPSA) is 88.2 Å². The van der Waals surface area contributed by atoms with Gasteiger partial charge in [-0.25, -0.2) is 9.78 Å². The van der Waals surface area contributed by atoms with Gasteiger partial charge in [0.15, 0.2) is 10.8 Å². The Morgan fingerprint density at radius 2 is 2.26 bits per heavy atom. The molecule has 2 aromatic heterocycles. The predicted octanol–water partition coefficient (Wildman–Crippen LogP) is 3.03. The normalized spacial score (nSPS) is 10.8. The molecule has 7 heteroatoms. The van der Waals surface area contributed by atoms with Crippen molar-refractivity contribution in [3.8, 4) is 0 Å². The van der Waals surface area contributed by atoms with E-state index in [4.69, 9.17) is 9.52 Å². The van der Waals surface area contributed by atoms with E-state index in [1.54, 1.807) is 0 Å². The van der Waals surface area contributed by atoms with Crippen LogP contribution >= 0.6 is 11.3 Å². The van der Waals surface area contributed by atoms with Crippen LogP contribution in [0.15, 0.2) is 28.9 Å². The van der Waals surface area contributed by atoms with Crippen molar-refractivity contribution >= 4 is 38.7 Å². The quantitative estimate of drug-likeness (QED) is 0.763. The van der Waals surface area contributed by atoms with Crippen LogP contribution in [0.4, 0.5) is 11.1 Å². The van der Waals surface area contributed by atoms with Gasteiger partial charge in [0.2, 0.25) is 0 Å². The second kappa shape index (κ2) is 4.36. The minimum Gasteiger partial charge on any atom is -0.476 e. The summed E-state index contributed by atoms with van der Waals surface area (Å²) in [5, 5.41) is 12.2. The Morgan fingerprint density at radius 3 is 3.00 bits per heavy atom. The minimum atomic E-state index is -1.13. The molecule has 0 aliphatic carbocycles. The third kappa shape index (κ3) is 2.27. The molecule has 0 amide bonds. The first kappa shape index (κ1) is 11.7. The molecule has 0 spiro atoms. The maximum absolute atomic E-state index is 10.7. The summed E-state index contributed by atoms with van der Waals surface area (Å²) in [7, 11) is 0. The zero-order chi connectivity index (χ0) is 13.4. The van der Waals surface area contributed by atoms with Gasteiger partial charge in [0.1, 0.15) is 6.26 Å². The summed E-state index contributed by atoms with van der Waals surface area (Å²) in [6, 6.07) is 6.08. The van der Waals surface area contributed by atoms with Gasteiger partial charge in [0.25, 0.3) is 0 Å². The molecule has 1 aromatic carbocycles. The van der Waals surface area contributed by atoms with Crippen molar-refractivity contribution in [2.45, 2.75) is 6.92 Å². The van der Waals surface area contributed by atoms with Crippen molar-refractivity contribution < 1.29 is 14.3 Å². The Balaban J connectivity index is 1.89. The standard InChI is InChI=1S/C12H9N3O3S/c1-6-2-3-7-9(4-6)19-12(14-7)15-11-13-8(5-18-11)10(16)17/h2-5H,1H3,(H,16,17)(H,13,14,15). The number of carboxylic acids is 1. The van der Waals surface area contributed by atoms with E-state index in [-0.39, 0.29) is 11.7 Å². The summed E-state index contributed by atoms with van der Waals surface area (Å²) >= 11 is 1.45. The average molecular weight is 275 g/mol. The van der Waals surface area contributed by atoms with Gasteiger partial charge >= 0.3 is 12.0 Å². The van der Waals surface area contributed by atoms with E-state index in [1.807, 2.05) is 25.1 Å². The van der Waals surface area contributed by atoms with Crippen molar-refractivity contribution in [2.24, 2.45) is 0 Å². The Labute approximate surface area is 111 Å². The lowest BCUT2D eigenvalue weighted by Gasteiger charge is -1.92. The third-order valence-corrected chi connectivity index (χ3v) is 3.41.